The normalized spacial score (nSPS) is 19.9. The average molecular weight is 517 g/mol. The highest BCUT2D eigenvalue weighted by Crippen LogP contribution is 2.33. The van der Waals surface area contributed by atoms with Gasteiger partial charge in [-0.05, 0) is 25.8 Å². The molecule has 1 aromatic rings. The fourth-order valence-corrected chi connectivity index (χ4v) is 4.26. The molecule has 0 bridgehead atoms. The summed E-state index contributed by atoms with van der Waals surface area (Å²) in [4.78, 5) is 11.9. The lowest BCUT2D eigenvalue weighted by Crippen LogP contribution is -2.60. The molecular formula is C21H36IN5O2. The van der Waals surface area contributed by atoms with Gasteiger partial charge in [0.25, 0.3) is 0 Å². The first-order valence-electron chi connectivity index (χ1n) is 10.6. The largest absolute Gasteiger partial charge is 0.481 e. The van der Waals surface area contributed by atoms with Gasteiger partial charge in [0.2, 0.25) is 5.88 Å². The van der Waals surface area contributed by atoms with Gasteiger partial charge in [0.15, 0.2) is 5.96 Å². The van der Waals surface area contributed by atoms with Crippen LogP contribution in [0.1, 0.15) is 44.7 Å². The van der Waals surface area contributed by atoms with Gasteiger partial charge in [0.1, 0.15) is 0 Å². The summed E-state index contributed by atoms with van der Waals surface area (Å²) in [6.45, 7) is 8.13. The van der Waals surface area contributed by atoms with Crippen molar-refractivity contribution in [3.63, 3.8) is 0 Å². The van der Waals surface area contributed by atoms with E-state index in [9.17, 15) is 0 Å². The van der Waals surface area contributed by atoms with Crippen LogP contribution in [0.3, 0.4) is 0 Å². The number of hydrogen-bond acceptors (Lipinski definition) is 5. The molecule has 1 saturated carbocycles. The molecule has 7 nitrogen and oxygen atoms in total. The summed E-state index contributed by atoms with van der Waals surface area (Å²) in [5.74, 6) is 1.48. The van der Waals surface area contributed by atoms with Crippen molar-refractivity contribution >= 4 is 29.9 Å². The second kappa shape index (κ2) is 12.5. The Bertz CT molecular complexity index is 631. The molecule has 0 unspecified atom stereocenters. The van der Waals surface area contributed by atoms with Crippen LogP contribution in [0.5, 0.6) is 5.88 Å². The number of pyridine rings is 1. The molecule has 1 aliphatic heterocycles. The van der Waals surface area contributed by atoms with Crippen LogP contribution < -0.4 is 15.4 Å². The number of guanidine groups is 1. The van der Waals surface area contributed by atoms with Crippen LogP contribution in [0.2, 0.25) is 0 Å². The first-order valence-corrected chi connectivity index (χ1v) is 10.6. The number of halogens is 1. The molecule has 2 heterocycles. The van der Waals surface area contributed by atoms with Gasteiger partial charge in [0, 0.05) is 37.8 Å². The second-order valence-electron chi connectivity index (χ2n) is 7.60. The molecular weight excluding hydrogens is 481 g/mol. The molecule has 1 aromatic heterocycles. The van der Waals surface area contributed by atoms with Crippen molar-refractivity contribution in [3.05, 3.63) is 23.9 Å². The Morgan fingerprint density at radius 1 is 1.21 bits per heavy atom. The maximum atomic E-state index is 5.59. The molecule has 2 fully saturated rings. The maximum Gasteiger partial charge on any atom is 0.213 e. The second-order valence-corrected chi connectivity index (χ2v) is 7.60. The van der Waals surface area contributed by atoms with Gasteiger partial charge < -0.3 is 20.1 Å². The van der Waals surface area contributed by atoms with Crippen molar-refractivity contribution in [3.8, 4) is 5.88 Å². The summed E-state index contributed by atoms with van der Waals surface area (Å²) in [5, 5.41) is 7.00. The Morgan fingerprint density at radius 2 is 1.97 bits per heavy atom. The molecule has 2 N–H and O–H groups in total. The highest BCUT2D eigenvalue weighted by atomic mass is 127. The minimum Gasteiger partial charge on any atom is -0.481 e. The van der Waals surface area contributed by atoms with Crippen LogP contribution in [0, 0.1) is 0 Å². The first-order chi connectivity index (χ1) is 13.8. The number of hydrogen-bond donors (Lipinski definition) is 2. The van der Waals surface area contributed by atoms with E-state index in [1.165, 1.54) is 32.1 Å². The van der Waals surface area contributed by atoms with E-state index < -0.39 is 0 Å². The SMILES string of the molecule is CCNC(=NCc1cccc(OC)n1)NCC1(N2CCOCC2)CCCCC1.I. The molecule has 0 spiro atoms. The van der Waals surface area contributed by atoms with Crippen LogP contribution >= 0.6 is 24.0 Å². The van der Waals surface area contributed by atoms with Gasteiger partial charge in [0.05, 0.1) is 32.6 Å². The predicted octanol–water partition coefficient (Wildman–Crippen LogP) is 2.80. The lowest BCUT2D eigenvalue weighted by Gasteiger charge is -2.48. The number of methoxy groups -OCH3 is 1. The van der Waals surface area contributed by atoms with Gasteiger partial charge >= 0.3 is 0 Å². The third kappa shape index (κ3) is 6.96. The number of rotatable bonds is 7. The lowest BCUT2D eigenvalue weighted by atomic mass is 9.80. The van der Waals surface area contributed by atoms with E-state index in [1.54, 1.807) is 7.11 Å². The smallest absolute Gasteiger partial charge is 0.213 e. The molecule has 0 radical (unpaired) electrons. The van der Waals surface area contributed by atoms with Crippen molar-refractivity contribution in [2.45, 2.75) is 51.1 Å². The summed E-state index contributed by atoms with van der Waals surface area (Å²) >= 11 is 0. The monoisotopic (exact) mass is 517 g/mol. The summed E-state index contributed by atoms with van der Waals surface area (Å²) in [6, 6.07) is 5.78. The van der Waals surface area contributed by atoms with E-state index in [1.807, 2.05) is 18.2 Å². The standard InChI is InChI=1S/C21H35N5O2.HI/c1-3-22-20(23-16-18-8-7-9-19(25-18)27-2)24-17-21(10-5-4-6-11-21)26-12-14-28-15-13-26;/h7-9H,3-6,10-17H2,1-2H3,(H2,22,23,24);1H. The van der Waals surface area contributed by atoms with E-state index in [-0.39, 0.29) is 29.5 Å². The predicted molar refractivity (Wildman–Crippen MR) is 127 cm³/mol. The van der Waals surface area contributed by atoms with Crippen molar-refractivity contribution in [2.75, 3.05) is 46.5 Å². The van der Waals surface area contributed by atoms with E-state index >= 15 is 0 Å². The fraction of sp³-hybridized carbons (Fsp3) is 0.714. The Hall–Kier alpha value is -1.13. The Morgan fingerprint density at radius 3 is 2.66 bits per heavy atom. The number of aliphatic imine (C=N–C) groups is 1. The van der Waals surface area contributed by atoms with Crippen LogP contribution in [-0.2, 0) is 11.3 Å². The van der Waals surface area contributed by atoms with Crippen molar-refractivity contribution in [1.82, 2.24) is 20.5 Å². The molecule has 8 heteroatoms. The van der Waals surface area contributed by atoms with E-state index in [4.69, 9.17) is 14.5 Å². The number of nitrogens with one attached hydrogen (secondary N) is 2. The topological polar surface area (TPSA) is 71.0 Å². The molecule has 1 saturated heterocycles. The third-order valence-corrected chi connectivity index (χ3v) is 5.78. The quantitative estimate of drug-likeness (QED) is 0.330. The fourth-order valence-electron chi connectivity index (χ4n) is 4.26. The molecule has 0 amide bonds. The molecule has 0 atom stereocenters. The minimum atomic E-state index is 0. The maximum absolute atomic E-state index is 5.59. The summed E-state index contributed by atoms with van der Waals surface area (Å²) in [7, 11) is 1.64. The van der Waals surface area contributed by atoms with E-state index in [0.29, 0.717) is 12.4 Å². The molecule has 164 valence electrons. The Labute approximate surface area is 192 Å². The highest BCUT2D eigenvalue weighted by molar-refractivity contribution is 14.0. The number of aromatic nitrogens is 1. The number of nitrogens with zero attached hydrogens (tertiary/aromatic N) is 3. The van der Waals surface area contributed by atoms with E-state index in [0.717, 1.165) is 51.0 Å². The zero-order valence-corrected chi connectivity index (χ0v) is 20.1. The number of morpholine rings is 1. The van der Waals surface area contributed by atoms with Crippen molar-refractivity contribution < 1.29 is 9.47 Å². The first kappa shape index (κ1) is 24.1. The van der Waals surface area contributed by atoms with Gasteiger partial charge in [-0.25, -0.2) is 9.98 Å². The Kier molecular flexibility index (Phi) is 10.4. The van der Waals surface area contributed by atoms with Gasteiger partial charge in [-0.1, -0.05) is 25.3 Å². The average Bonchev–Trinajstić information content (AvgIpc) is 2.77. The highest BCUT2D eigenvalue weighted by Gasteiger charge is 2.38. The zero-order chi connectivity index (χ0) is 19.7. The molecule has 0 aromatic carbocycles. The third-order valence-electron chi connectivity index (χ3n) is 5.78. The summed E-state index contributed by atoms with van der Waals surface area (Å²) in [6.07, 6.45) is 6.45. The van der Waals surface area contributed by atoms with Crippen LogP contribution in [0.25, 0.3) is 0 Å². The van der Waals surface area contributed by atoms with Gasteiger partial charge in [-0.3, -0.25) is 4.90 Å². The van der Waals surface area contributed by atoms with Crippen molar-refractivity contribution in [2.24, 2.45) is 4.99 Å². The molecule has 3 rings (SSSR count). The number of ether oxygens (including phenoxy) is 2. The molecule has 2 aliphatic rings. The van der Waals surface area contributed by atoms with Crippen molar-refractivity contribution in [1.29, 1.82) is 0 Å². The molecule has 1 aliphatic carbocycles. The minimum absolute atomic E-state index is 0. The van der Waals surface area contributed by atoms with Crippen LogP contribution in [0.4, 0.5) is 0 Å². The van der Waals surface area contributed by atoms with Gasteiger partial charge in [-0.15, -0.1) is 24.0 Å². The summed E-state index contributed by atoms with van der Waals surface area (Å²) < 4.78 is 10.8. The van der Waals surface area contributed by atoms with Crippen LogP contribution in [-0.4, -0.2) is 67.9 Å². The summed E-state index contributed by atoms with van der Waals surface area (Å²) in [5.41, 5.74) is 1.11. The van der Waals surface area contributed by atoms with Gasteiger partial charge in [-0.2, -0.15) is 0 Å². The van der Waals surface area contributed by atoms with E-state index in [2.05, 4.69) is 27.4 Å². The zero-order valence-electron chi connectivity index (χ0n) is 17.8. The molecule has 29 heavy (non-hydrogen) atoms. The van der Waals surface area contributed by atoms with Crippen LogP contribution in [0.15, 0.2) is 23.2 Å². The Balaban J connectivity index is 0.00000300. The lowest BCUT2D eigenvalue weighted by molar-refractivity contribution is -0.0352.